The van der Waals surface area contributed by atoms with Gasteiger partial charge in [0.05, 0.1) is 0 Å². The molecule has 210 valence electrons. The summed E-state index contributed by atoms with van der Waals surface area (Å²) in [4.78, 5) is 11.4. The Labute approximate surface area is 191 Å². The van der Waals surface area contributed by atoms with E-state index in [1.54, 1.807) is 25.7 Å². The molecule has 0 atom stereocenters. The van der Waals surface area contributed by atoms with E-state index in [4.69, 9.17) is 8.85 Å². The van der Waals surface area contributed by atoms with Crippen molar-refractivity contribution in [1.82, 2.24) is 5.32 Å². The van der Waals surface area contributed by atoms with Gasteiger partial charge in [-0.25, -0.2) is 4.79 Å². The molecule has 0 unspecified atom stereocenters. The summed E-state index contributed by atoms with van der Waals surface area (Å²) >= 11 is 0. The van der Waals surface area contributed by atoms with Crippen molar-refractivity contribution in [2.45, 2.75) is 68.6 Å². The van der Waals surface area contributed by atoms with Crippen LogP contribution in [0.25, 0.3) is 0 Å². The average Bonchev–Trinajstić information content (AvgIpc) is 2.68. The van der Waals surface area contributed by atoms with Gasteiger partial charge in [0, 0.05) is 19.8 Å². The third-order valence-electron chi connectivity index (χ3n) is 4.36. The predicted octanol–water partition coefficient (Wildman–Crippen LogP) is 5.99. The Bertz CT molecular complexity index is 697. The van der Waals surface area contributed by atoms with E-state index in [1.807, 2.05) is 0 Å². The van der Waals surface area contributed by atoms with Crippen molar-refractivity contribution >= 4 is 14.7 Å². The molecule has 19 heteroatoms. The van der Waals surface area contributed by atoms with E-state index in [9.17, 15) is 61.9 Å². The number of hydrogen-bond acceptors (Lipinski definition) is 4. The van der Waals surface area contributed by atoms with Crippen molar-refractivity contribution in [3.05, 3.63) is 0 Å². The summed E-state index contributed by atoms with van der Waals surface area (Å²) in [5.41, 5.74) is 0. The van der Waals surface area contributed by atoms with Crippen LogP contribution in [0, 0.1) is 0 Å². The van der Waals surface area contributed by atoms with Gasteiger partial charge < -0.3 is 18.9 Å². The lowest BCUT2D eigenvalue weighted by atomic mass is 9.94. The Morgan fingerprint density at radius 2 is 1.17 bits per heavy atom. The van der Waals surface area contributed by atoms with Crippen LogP contribution in [-0.2, 0) is 13.6 Å². The molecule has 0 radical (unpaired) electrons. The largest absolute Gasteiger partial charge is 0.460 e. The average molecular weight is 567 g/mol. The third-order valence-corrected chi connectivity index (χ3v) is 7.42. The molecule has 0 bridgehead atoms. The molecule has 0 aliphatic heterocycles. The van der Waals surface area contributed by atoms with Crippen molar-refractivity contribution in [3.8, 4) is 0 Å². The maximum atomic E-state index is 13.6. The predicted molar refractivity (Wildman–Crippen MR) is 94.4 cm³/mol. The Kier molecular flexibility index (Phi) is 10.8. The number of nitrogens with one attached hydrogen (secondary N) is 1. The molecule has 0 aliphatic rings. The monoisotopic (exact) mass is 567 g/mol. The maximum absolute atomic E-state index is 13.6. The fourth-order valence-corrected chi connectivity index (χ4v) is 4.91. The molecular formula is C16H22F13NO4Si. The lowest BCUT2D eigenvalue weighted by molar-refractivity contribution is -0.440. The second-order valence-electron chi connectivity index (χ2n) is 7.11. The number of ether oxygens (including phenoxy) is 1. The van der Waals surface area contributed by atoms with Gasteiger partial charge in [-0.2, -0.15) is 57.1 Å². The van der Waals surface area contributed by atoms with Crippen molar-refractivity contribution < 1.29 is 75.5 Å². The molecule has 0 aliphatic carbocycles. The first-order valence-corrected chi connectivity index (χ1v) is 12.1. The Morgan fingerprint density at radius 1 is 0.743 bits per heavy atom. The quantitative estimate of drug-likeness (QED) is 0.159. The van der Waals surface area contributed by atoms with E-state index in [0.29, 0.717) is 0 Å². The fraction of sp³-hybridized carbons (Fsp3) is 0.938. The van der Waals surface area contributed by atoms with Gasteiger partial charge in [-0.3, -0.25) is 0 Å². The number of alkyl halides is 13. The van der Waals surface area contributed by atoms with Gasteiger partial charge in [0.15, 0.2) is 6.61 Å². The summed E-state index contributed by atoms with van der Waals surface area (Å²) in [6, 6.07) is 0.234. The molecule has 0 aromatic carbocycles. The molecule has 0 fully saturated rings. The number of alkyl carbamates (subject to hydrolysis) is 1. The van der Waals surface area contributed by atoms with Crippen molar-refractivity contribution in [2.75, 3.05) is 26.4 Å². The first-order chi connectivity index (χ1) is 15.5. The van der Waals surface area contributed by atoms with Crippen LogP contribution in [0.2, 0.25) is 12.6 Å². The number of rotatable bonds is 14. The van der Waals surface area contributed by atoms with Gasteiger partial charge in [0.2, 0.25) is 0 Å². The lowest BCUT2D eigenvalue weighted by Crippen LogP contribution is -2.70. The van der Waals surface area contributed by atoms with Crippen molar-refractivity contribution in [1.29, 1.82) is 0 Å². The van der Waals surface area contributed by atoms with Gasteiger partial charge in [-0.1, -0.05) is 0 Å². The van der Waals surface area contributed by atoms with Gasteiger partial charge in [-0.15, -0.1) is 0 Å². The van der Waals surface area contributed by atoms with Gasteiger partial charge in [-0.05, 0) is 32.9 Å². The van der Waals surface area contributed by atoms with Crippen LogP contribution in [0.3, 0.4) is 0 Å². The number of halogens is 13. The molecule has 0 saturated heterocycles. The normalized spacial score (nSPS) is 14.7. The first-order valence-electron chi connectivity index (χ1n) is 9.61. The summed E-state index contributed by atoms with van der Waals surface area (Å²) in [5.74, 6) is -37.8. The number of carbonyl (C=O) groups is 1. The second-order valence-corrected chi connectivity index (χ2v) is 10.5. The zero-order chi connectivity index (χ0) is 28.1. The minimum Gasteiger partial charge on any atom is -0.443 e. The zero-order valence-corrected chi connectivity index (χ0v) is 19.3. The van der Waals surface area contributed by atoms with E-state index < -0.39 is 57.0 Å². The van der Waals surface area contributed by atoms with Crippen LogP contribution in [0.5, 0.6) is 0 Å². The zero-order valence-electron chi connectivity index (χ0n) is 18.3. The van der Waals surface area contributed by atoms with Crippen LogP contribution >= 0.6 is 0 Å². The summed E-state index contributed by atoms with van der Waals surface area (Å²) in [6.45, 7) is 2.12. The van der Waals surface area contributed by atoms with Crippen LogP contribution in [-0.4, -0.2) is 76.8 Å². The molecule has 0 heterocycles. The standard InChI is InChI=1S/C16H22F13NO4Si/c1-4-33-35(3,34-5-2)8-6-7-30-10(31)32-9-11(17,18)12(19,20)13(21,22)14(23,24)15(25,26)16(27,28)29/h4-9H2,1-3H3,(H,30,31). The summed E-state index contributed by atoms with van der Waals surface area (Å²) in [6.07, 6.45) is -9.35. The molecule has 0 saturated carbocycles. The van der Waals surface area contributed by atoms with E-state index >= 15 is 0 Å². The van der Waals surface area contributed by atoms with Gasteiger partial charge in [0.1, 0.15) is 0 Å². The highest BCUT2D eigenvalue weighted by Gasteiger charge is 2.90. The first kappa shape index (κ1) is 33.5. The van der Waals surface area contributed by atoms with Crippen LogP contribution < -0.4 is 5.32 Å². The minimum absolute atomic E-state index is 0.0706. The van der Waals surface area contributed by atoms with Crippen molar-refractivity contribution in [3.63, 3.8) is 0 Å². The van der Waals surface area contributed by atoms with Gasteiger partial charge in [0.25, 0.3) is 0 Å². The summed E-state index contributed by atoms with van der Waals surface area (Å²) < 4.78 is 183. The number of amides is 1. The topological polar surface area (TPSA) is 56.8 Å². The number of carbonyl (C=O) groups excluding carboxylic acids is 1. The smallest absolute Gasteiger partial charge is 0.443 e. The highest BCUT2D eigenvalue weighted by atomic mass is 28.4. The second kappa shape index (κ2) is 11.3. The highest BCUT2D eigenvalue weighted by molar-refractivity contribution is 6.66. The molecule has 0 aromatic heterocycles. The van der Waals surface area contributed by atoms with E-state index in [2.05, 4.69) is 4.74 Å². The minimum atomic E-state index is -8.01. The number of hydrogen-bond donors (Lipinski definition) is 1. The highest BCUT2D eigenvalue weighted by Crippen LogP contribution is 2.60. The third kappa shape index (κ3) is 7.05. The maximum Gasteiger partial charge on any atom is 0.460 e. The molecule has 0 aromatic rings. The molecular weight excluding hydrogens is 545 g/mol. The lowest BCUT2D eigenvalue weighted by Gasteiger charge is -2.39. The molecule has 1 N–H and O–H groups in total. The van der Waals surface area contributed by atoms with Gasteiger partial charge >= 0.3 is 50.4 Å². The fourth-order valence-electron chi connectivity index (χ4n) is 2.50. The SMILES string of the molecule is CCO[Si](C)(CCCNC(=O)OCC(F)(F)C(F)(F)C(F)(F)C(F)(F)C(F)(F)C(F)(F)F)OCC. The van der Waals surface area contributed by atoms with E-state index in [0.717, 1.165) is 0 Å². The Hall–Kier alpha value is -1.50. The molecule has 5 nitrogen and oxygen atoms in total. The Morgan fingerprint density at radius 3 is 1.57 bits per heavy atom. The molecule has 0 spiro atoms. The van der Waals surface area contributed by atoms with E-state index in [-0.39, 0.29) is 32.2 Å². The molecule has 35 heavy (non-hydrogen) atoms. The summed E-state index contributed by atoms with van der Waals surface area (Å²) in [5, 5.41) is 1.74. The van der Waals surface area contributed by atoms with E-state index in [1.165, 1.54) is 0 Å². The van der Waals surface area contributed by atoms with Crippen LogP contribution in [0.1, 0.15) is 20.3 Å². The molecule has 1 amide bonds. The molecule has 0 rings (SSSR count). The van der Waals surface area contributed by atoms with Crippen LogP contribution in [0.15, 0.2) is 0 Å². The van der Waals surface area contributed by atoms with Crippen molar-refractivity contribution in [2.24, 2.45) is 0 Å². The van der Waals surface area contributed by atoms with Crippen LogP contribution in [0.4, 0.5) is 61.9 Å². The summed E-state index contributed by atoms with van der Waals surface area (Å²) in [7, 11) is -2.67. The Balaban J connectivity index is 5.25.